The largest absolute Gasteiger partial charge is 0.507 e. The molecule has 0 spiro atoms. The molecule has 3 aromatic rings. The summed E-state index contributed by atoms with van der Waals surface area (Å²) >= 11 is 0. The summed E-state index contributed by atoms with van der Waals surface area (Å²) < 4.78 is 15.7. The van der Waals surface area contributed by atoms with E-state index in [0.29, 0.717) is 16.8 Å². The van der Waals surface area contributed by atoms with Crippen molar-refractivity contribution >= 4 is 5.65 Å². The van der Waals surface area contributed by atoms with Crippen molar-refractivity contribution in [2.45, 2.75) is 26.7 Å². The van der Waals surface area contributed by atoms with Crippen molar-refractivity contribution in [2.24, 2.45) is 0 Å². The van der Waals surface area contributed by atoms with E-state index in [2.05, 4.69) is 4.98 Å². The lowest BCUT2D eigenvalue weighted by Crippen LogP contribution is -1.97. The zero-order valence-electron chi connectivity index (χ0n) is 12.5. The van der Waals surface area contributed by atoms with Gasteiger partial charge in [0.05, 0.1) is 5.56 Å². The van der Waals surface area contributed by atoms with Gasteiger partial charge in [-0.25, -0.2) is 9.37 Å². The zero-order valence-corrected chi connectivity index (χ0v) is 12.5. The Morgan fingerprint density at radius 2 is 1.86 bits per heavy atom. The van der Waals surface area contributed by atoms with Gasteiger partial charge in [-0.05, 0) is 36.6 Å². The van der Waals surface area contributed by atoms with Crippen molar-refractivity contribution in [1.29, 1.82) is 0 Å². The lowest BCUT2D eigenvalue weighted by Gasteiger charge is -2.14. The fraction of sp³-hybridized carbons (Fsp3) is 0.235. The van der Waals surface area contributed by atoms with Gasteiger partial charge in [-0.3, -0.25) is 0 Å². The molecule has 0 bridgehead atoms. The molecular formula is C17H17FN2O2. The maximum absolute atomic E-state index is 14.1. The number of hydrogen-bond donors (Lipinski definition) is 2. The highest BCUT2D eigenvalue weighted by Gasteiger charge is 2.20. The SMILES string of the molecule is CCCc1cc(O)c(-c2c(C)c(F)cn3ccnc23)c(O)c1. The van der Waals surface area contributed by atoms with Gasteiger partial charge in [0.15, 0.2) is 0 Å². The van der Waals surface area contributed by atoms with Gasteiger partial charge in [0.2, 0.25) is 0 Å². The van der Waals surface area contributed by atoms with Crippen LogP contribution in [0.15, 0.2) is 30.7 Å². The van der Waals surface area contributed by atoms with Crippen LogP contribution in [0.4, 0.5) is 4.39 Å². The summed E-state index contributed by atoms with van der Waals surface area (Å²) in [7, 11) is 0. The monoisotopic (exact) mass is 300 g/mol. The Morgan fingerprint density at radius 3 is 2.50 bits per heavy atom. The van der Waals surface area contributed by atoms with E-state index in [9.17, 15) is 14.6 Å². The molecule has 114 valence electrons. The van der Waals surface area contributed by atoms with Crippen LogP contribution in [-0.2, 0) is 6.42 Å². The molecule has 5 heteroatoms. The van der Waals surface area contributed by atoms with E-state index >= 15 is 0 Å². The second-order valence-electron chi connectivity index (χ2n) is 5.39. The average molecular weight is 300 g/mol. The summed E-state index contributed by atoms with van der Waals surface area (Å²) in [5, 5.41) is 20.7. The highest BCUT2D eigenvalue weighted by atomic mass is 19.1. The zero-order chi connectivity index (χ0) is 15.9. The molecule has 0 amide bonds. The van der Waals surface area contributed by atoms with E-state index in [0.717, 1.165) is 18.4 Å². The summed E-state index contributed by atoms with van der Waals surface area (Å²) in [6.45, 7) is 3.63. The number of phenols is 2. The number of halogens is 1. The first-order chi connectivity index (χ1) is 10.5. The minimum Gasteiger partial charge on any atom is -0.507 e. The van der Waals surface area contributed by atoms with Crippen LogP contribution in [0.1, 0.15) is 24.5 Å². The molecule has 0 aliphatic carbocycles. The second-order valence-corrected chi connectivity index (χ2v) is 5.39. The number of nitrogens with zero attached hydrogens (tertiary/aromatic N) is 2. The highest BCUT2D eigenvalue weighted by Crippen LogP contribution is 2.42. The molecule has 2 aromatic heterocycles. The van der Waals surface area contributed by atoms with Crippen LogP contribution in [0.5, 0.6) is 11.5 Å². The molecule has 0 unspecified atom stereocenters. The maximum Gasteiger partial charge on any atom is 0.145 e. The van der Waals surface area contributed by atoms with Crippen molar-refractivity contribution in [3.8, 4) is 22.6 Å². The average Bonchev–Trinajstić information content (AvgIpc) is 2.90. The van der Waals surface area contributed by atoms with E-state index in [1.807, 2.05) is 6.92 Å². The molecule has 22 heavy (non-hydrogen) atoms. The first-order valence-corrected chi connectivity index (χ1v) is 7.20. The molecule has 2 heterocycles. The number of aryl methyl sites for hydroxylation is 1. The summed E-state index contributed by atoms with van der Waals surface area (Å²) in [5.41, 5.74) is 2.30. The summed E-state index contributed by atoms with van der Waals surface area (Å²) in [6, 6.07) is 3.23. The van der Waals surface area contributed by atoms with Crippen LogP contribution in [-0.4, -0.2) is 19.6 Å². The number of aromatic hydroxyl groups is 2. The first kappa shape index (κ1) is 14.4. The number of imidazole rings is 1. The predicted octanol–water partition coefficient (Wildman–Crippen LogP) is 3.81. The molecule has 2 N–H and O–H groups in total. The lowest BCUT2D eigenvalue weighted by molar-refractivity contribution is 0.452. The quantitative estimate of drug-likeness (QED) is 0.773. The van der Waals surface area contributed by atoms with Crippen molar-refractivity contribution in [3.05, 3.63) is 47.7 Å². The van der Waals surface area contributed by atoms with Crippen LogP contribution in [0.2, 0.25) is 0 Å². The Bertz CT molecular complexity index is 832. The van der Waals surface area contributed by atoms with Crippen LogP contribution < -0.4 is 0 Å². The van der Waals surface area contributed by atoms with Crippen molar-refractivity contribution in [3.63, 3.8) is 0 Å². The molecule has 0 aliphatic heterocycles. The Kier molecular flexibility index (Phi) is 3.48. The molecule has 0 fully saturated rings. The van der Waals surface area contributed by atoms with Crippen LogP contribution >= 0.6 is 0 Å². The number of aromatic nitrogens is 2. The van der Waals surface area contributed by atoms with Crippen molar-refractivity contribution in [1.82, 2.24) is 9.38 Å². The molecule has 0 saturated carbocycles. The van der Waals surface area contributed by atoms with Crippen molar-refractivity contribution in [2.75, 3.05) is 0 Å². The van der Waals surface area contributed by atoms with Crippen LogP contribution in [0, 0.1) is 12.7 Å². The first-order valence-electron chi connectivity index (χ1n) is 7.20. The third kappa shape index (κ3) is 2.19. The molecule has 0 aliphatic rings. The van der Waals surface area contributed by atoms with E-state index in [1.54, 1.807) is 31.5 Å². The van der Waals surface area contributed by atoms with E-state index in [1.165, 1.54) is 10.6 Å². The number of phenolic OH excluding ortho intramolecular Hbond substituents is 2. The number of fused-ring (bicyclic) bond motifs is 1. The molecule has 4 nitrogen and oxygen atoms in total. The molecule has 0 saturated heterocycles. The predicted molar refractivity (Wildman–Crippen MR) is 82.6 cm³/mol. The maximum atomic E-state index is 14.1. The molecular weight excluding hydrogens is 283 g/mol. The van der Waals surface area contributed by atoms with Gasteiger partial charge in [0.25, 0.3) is 0 Å². The second kappa shape index (κ2) is 5.33. The minimum absolute atomic E-state index is 0.0675. The minimum atomic E-state index is -0.420. The van der Waals surface area contributed by atoms with Gasteiger partial charge in [-0.2, -0.15) is 0 Å². The molecule has 0 atom stereocenters. The summed E-state index contributed by atoms with van der Waals surface area (Å²) in [6.07, 6.45) is 6.17. The van der Waals surface area contributed by atoms with Gasteiger partial charge in [0.1, 0.15) is 23.0 Å². The topological polar surface area (TPSA) is 57.8 Å². The number of benzene rings is 1. The fourth-order valence-electron chi connectivity index (χ4n) is 2.77. The fourth-order valence-corrected chi connectivity index (χ4v) is 2.77. The highest BCUT2D eigenvalue weighted by molar-refractivity contribution is 5.88. The summed E-state index contributed by atoms with van der Waals surface area (Å²) in [5.74, 6) is -0.555. The van der Waals surface area contributed by atoms with Crippen LogP contribution in [0.3, 0.4) is 0 Å². The smallest absolute Gasteiger partial charge is 0.145 e. The van der Waals surface area contributed by atoms with E-state index in [4.69, 9.17) is 0 Å². The molecule has 1 aromatic carbocycles. The van der Waals surface area contributed by atoms with E-state index in [-0.39, 0.29) is 17.1 Å². The Balaban J connectivity index is 2.32. The van der Waals surface area contributed by atoms with Gasteiger partial charge >= 0.3 is 0 Å². The normalized spacial score (nSPS) is 11.2. The molecule has 3 rings (SSSR count). The Hall–Kier alpha value is -2.56. The lowest BCUT2D eigenvalue weighted by atomic mass is 9.97. The van der Waals surface area contributed by atoms with Gasteiger partial charge in [-0.15, -0.1) is 0 Å². The van der Waals surface area contributed by atoms with Crippen molar-refractivity contribution < 1.29 is 14.6 Å². The van der Waals surface area contributed by atoms with Crippen LogP contribution in [0.25, 0.3) is 16.8 Å². The van der Waals surface area contributed by atoms with Gasteiger partial charge in [0, 0.05) is 24.2 Å². The molecule has 0 radical (unpaired) electrons. The standard InChI is InChI=1S/C17H17FN2O2/c1-3-4-11-7-13(21)16(14(22)8-11)15-10(2)12(18)9-20-6-5-19-17(15)20/h5-9,21-22H,3-4H2,1-2H3. The third-order valence-electron chi connectivity index (χ3n) is 3.82. The number of pyridine rings is 1. The number of hydrogen-bond acceptors (Lipinski definition) is 3. The summed E-state index contributed by atoms with van der Waals surface area (Å²) in [4.78, 5) is 4.21. The number of rotatable bonds is 3. The third-order valence-corrected chi connectivity index (χ3v) is 3.82. The Morgan fingerprint density at radius 1 is 1.18 bits per heavy atom. The Labute approximate surface area is 127 Å². The van der Waals surface area contributed by atoms with Gasteiger partial charge < -0.3 is 14.6 Å². The van der Waals surface area contributed by atoms with Gasteiger partial charge in [-0.1, -0.05) is 13.3 Å². The van der Waals surface area contributed by atoms with E-state index < -0.39 is 5.82 Å².